The third kappa shape index (κ3) is 1.17. The van der Waals surface area contributed by atoms with Gasteiger partial charge in [0.15, 0.2) is 11.9 Å². The molecule has 56 valence electrons. The minimum atomic E-state index is -0.479. The molecule has 0 N–H and O–H groups in total. The lowest BCUT2D eigenvalue weighted by molar-refractivity contribution is -0.147. The summed E-state index contributed by atoms with van der Waals surface area (Å²) in [4.78, 5) is 21.3. The molecule has 0 aromatic carbocycles. The van der Waals surface area contributed by atoms with E-state index in [9.17, 15) is 9.59 Å². The van der Waals surface area contributed by atoms with Crippen LogP contribution in [0, 0.1) is 5.92 Å². The van der Waals surface area contributed by atoms with Gasteiger partial charge in [0.1, 0.15) is 0 Å². The van der Waals surface area contributed by atoms with Crippen molar-refractivity contribution in [2.45, 2.75) is 26.4 Å². The van der Waals surface area contributed by atoms with E-state index in [0.29, 0.717) is 6.42 Å². The number of carbonyl (C=O) groups excluding carboxylic acids is 2. The van der Waals surface area contributed by atoms with Crippen LogP contribution in [0.2, 0.25) is 0 Å². The second-order valence-electron chi connectivity index (χ2n) is 2.70. The van der Waals surface area contributed by atoms with Gasteiger partial charge in [0.25, 0.3) is 0 Å². The first-order valence-corrected chi connectivity index (χ1v) is 3.31. The molecule has 3 nitrogen and oxygen atoms in total. The van der Waals surface area contributed by atoms with Crippen molar-refractivity contribution in [1.29, 1.82) is 0 Å². The van der Waals surface area contributed by atoms with E-state index in [1.165, 1.54) is 6.92 Å². The Morgan fingerprint density at radius 2 is 2.30 bits per heavy atom. The number of hydrogen-bond donors (Lipinski definition) is 0. The molecule has 0 radical (unpaired) electrons. The average molecular weight is 142 g/mol. The minimum Gasteiger partial charge on any atom is -0.454 e. The summed E-state index contributed by atoms with van der Waals surface area (Å²) in [7, 11) is 0. The Bertz CT molecular complexity index is 174. The molecule has 1 rings (SSSR count). The average Bonchev–Trinajstić information content (AvgIpc) is 2.10. The Hall–Kier alpha value is -0.860. The fourth-order valence-electron chi connectivity index (χ4n) is 1.16. The Kier molecular flexibility index (Phi) is 1.74. The van der Waals surface area contributed by atoms with Crippen LogP contribution in [0.1, 0.15) is 20.3 Å². The fourth-order valence-corrected chi connectivity index (χ4v) is 1.16. The molecule has 0 aliphatic carbocycles. The topological polar surface area (TPSA) is 43.4 Å². The molecule has 1 saturated heterocycles. The van der Waals surface area contributed by atoms with Gasteiger partial charge in [0.2, 0.25) is 0 Å². The van der Waals surface area contributed by atoms with Gasteiger partial charge in [-0.2, -0.15) is 0 Å². The smallest absolute Gasteiger partial charge is 0.306 e. The summed E-state index contributed by atoms with van der Waals surface area (Å²) in [6, 6.07) is 0. The molecule has 3 heteroatoms. The van der Waals surface area contributed by atoms with Crippen LogP contribution in [0.15, 0.2) is 0 Å². The Morgan fingerprint density at radius 3 is 2.50 bits per heavy atom. The number of ketones is 1. The summed E-state index contributed by atoms with van der Waals surface area (Å²) in [5.74, 6) is -0.254. The van der Waals surface area contributed by atoms with Gasteiger partial charge in [-0.3, -0.25) is 9.59 Å². The number of carbonyl (C=O) groups is 2. The van der Waals surface area contributed by atoms with E-state index in [2.05, 4.69) is 0 Å². The lowest BCUT2D eigenvalue weighted by atomic mass is 10.0. The molecule has 0 aromatic heterocycles. The highest BCUT2D eigenvalue weighted by molar-refractivity contribution is 5.86. The SMILES string of the molecule is CC(=O)[C@@H]1OC(=O)C[C@H]1C. The molecular weight excluding hydrogens is 132 g/mol. The van der Waals surface area contributed by atoms with Gasteiger partial charge in [0, 0.05) is 5.92 Å². The molecule has 1 heterocycles. The van der Waals surface area contributed by atoms with Crippen LogP contribution < -0.4 is 0 Å². The van der Waals surface area contributed by atoms with E-state index in [1.807, 2.05) is 6.92 Å². The molecule has 0 spiro atoms. The number of hydrogen-bond acceptors (Lipinski definition) is 3. The van der Waals surface area contributed by atoms with Crippen LogP contribution in [-0.4, -0.2) is 17.9 Å². The lowest BCUT2D eigenvalue weighted by Gasteiger charge is -2.07. The maximum atomic E-state index is 10.7. The molecule has 1 fully saturated rings. The first-order valence-electron chi connectivity index (χ1n) is 3.31. The van der Waals surface area contributed by atoms with Gasteiger partial charge in [-0.1, -0.05) is 6.92 Å². The predicted molar refractivity (Wildman–Crippen MR) is 34.3 cm³/mol. The van der Waals surface area contributed by atoms with Crippen molar-refractivity contribution in [2.75, 3.05) is 0 Å². The van der Waals surface area contributed by atoms with Crippen LogP contribution in [0.4, 0.5) is 0 Å². The summed E-state index contributed by atoms with van der Waals surface area (Å²) in [5.41, 5.74) is 0. The quantitative estimate of drug-likeness (QED) is 0.501. The van der Waals surface area contributed by atoms with Crippen molar-refractivity contribution in [2.24, 2.45) is 5.92 Å². The van der Waals surface area contributed by atoms with Crippen molar-refractivity contribution in [3.05, 3.63) is 0 Å². The van der Waals surface area contributed by atoms with E-state index in [1.54, 1.807) is 0 Å². The highest BCUT2D eigenvalue weighted by atomic mass is 16.6. The third-order valence-corrected chi connectivity index (χ3v) is 1.66. The van der Waals surface area contributed by atoms with Crippen LogP contribution >= 0.6 is 0 Å². The van der Waals surface area contributed by atoms with Gasteiger partial charge in [-0.05, 0) is 6.92 Å². The largest absolute Gasteiger partial charge is 0.454 e. The zero-order valence-electron chi connectivity index (χ0n) is 6.09. The fraction of sp³-hybridized carbons (Fsp3) is 0.714. The first kappa shape index (κ1) is 7.25. The molecular formula is C7H10O3. The number of esters is 1. The van der Waals surface area contributed by atoms with Crippen LogP contribution in [0.5, 0.6) is 0 Å². The molecule has 0 unspecified atom stereocenters. The van der Waals surface area contributed by atoms with Crippen LogP contribution in [-0.2, 0) is 14.3 Å². The van der Waals surface area contributed by atoms with Crippen LogP contribution in [0.25, 0.3) is 0 Å². The Morgan fingerprint density at radius 1 is 1.70 bits per heavy atom. The van der Waals surface area contributed by atoms with Gasteiger partial charge < -0.3 is 4.74 Å². The van der Waals surface area contributed by atoms with Crippen molar-refractivity contribution in [3.8, 4) is 0 Å². The standard InChI is InChI=1S/C7H10O3/c1-4-3-6(9)10-7(4)5(2)8/h4,7H,3H2,1-2H3/t4-,7-/m1/s1. The maximum Gasteiger partial charge on any atom is 0.306 e. The molecule has 1 aliphatic rings. The number of ether oxygens (including phenoxy) is 1. The van der Waals surface area contributed by atoms with Crippen molar-refractivity contribution in [1.82, 2.24) is 0 Å². The van der Waals surface area contributed by atoms with Crippen molar-refractivity contribution < 1.29 is 14.3 Å². The molecule has 1 aliphatic heterocycles. The molecule has 0 saturated carbocycles. The second-order valence-corrected chi connectivity index (χ2v) is 2.70. The van der Waals surface area contributed by atoms with Gasteiger partial charge >= 0.3 is 5.97 Å². The van der Waals surface area contributed by atoms with E-state index >= 15 is 0 Å². The molecule has 10 heavy (non-hydrogen) atoms. The molecule has 0 aromatic rings. The van der Waals surface area contributed by atoms with E-state index in [-0.39, 0.29) is 17.7 Å². The monoisotopic (exact) mass is 142 g/mol. The zero-order chi connectivity index (χ0) is 7.72. The summed E-state index contributed by atoms with van der Waals surface area (Å²) >= 11 is 0. The molecule has 0 bridgehead atoms. The van der Waals surface area contributed by atoms with Crippen molar-refractivity contribution >= 4 is 11.8 Å². The van der Waals surface area contributed by atoms with E-state index in [4.69, 9.17) is 4.74 Å². The maximum absolute atomic E-state index is 10.7. The minimum absolute atomic E-state index is 0.0571. The van der Waals surface area contributed by atoms with E-state index < -0.39 is 6.10 Å². The number of cyclic esters (lactones) is 1. The summed E-state index contributed by atoms with van der Waals surface area (Å²) in [6.45, 7) is 3.29. The highest BCUT2D eigenvalue weighted by Gasteiger charge is 2.34. The predicted octanol–water partition coefficient (Wildman–Crippen LogP) is 0.527. The molecule has 0 amide bonds. The van der Waals surface area contributed by atoms with Crippen LogP contribution in [0.3, 0.4) is 0 Å². The van der Waals surface area contributed by atoms with Gasteiger partial charge in [0.05, 0.1) is 6.42 Å². The lowest BCUT2D eigenvalue weighted by Crippen LogP contribution is -2.22. The second kappa shape index (κ2) is 2.40. The Balaban J connectivity index is 2.63. The normalized spacial score (nSPS) is 32.0. The van der Waals surface area contributed by atoms with E-state index in [0.717, 1.165) is 0 Å². The first-order chi connectivity index (χ1) is 4.61. The van der Waals surface area contributed by atoms with Crippen molar-refractivity contribution in [3.63, 3.8) is 0 Å². The third-order valence-electron chi connectivity index (χ3n) is 1.66. The summed E-state index contributed by atoms with van der Waals surface area (Å²) in [5, 5.41) is 0. The summed E-state index contributed by atoms with van der Waals surface area (Å²) < 4.78 is 4.75. The highest BCUT2D eigenvalue weighted by Crippen LogP contribution is 2.21. The van der Waals surface area contributed by atoms with Gasteiger partial charge in [-0.15, -0.1) is 0 Å². The number of rotatable bonds is 1. The Labute approximate surface area is 59.4 Å². The zero-order valence-corrected chi connectivity index (χ0v) is 6.09. The van der Waals surface area contributed by atoms with Gasteiger partial charge in [-0.25, -0.2) is 0 Å². The number of Topliss-reactive ketones (excluding diaryl/α,β-unsaturated/α-hetero) is 1. The molecule has 2 atom stereocenters. The summed E-state index contributed by atoms with van der Waals surface area (Å²) in [6.07, 6.45) is -0.1000.